The molecule has 2 aromatic rings. The normalized spacial score (nSPS) is 18.4. The Balaban J connectivity index is 1.40. The van der Waals surface area contributed by atoms with E-state index >= 15 is 0 Å². The molecule has 0 amide bonds. The molecule has 2 aromatic carbocycles. The Morgan fingerprint density at radius 3 is 2.63 bits per heavy atom. The Hall–Kier alpha value is -2.78. The number of benzene rings is 2. The minimum Gasteiger partial charge on any atom is -0.495 e. The fourth-order valence-corrected chi connectivity index (χ4v) is 5.78. The van der Waals surface area contributed by atoms with E-state index in [4.69, 9.17) is 4.74 Å². The first-order chi connectivity index (χ1) is 19.7. The predicted octanol–water partition coefficient (Wildman–Crippen LogP) is 4.84. The number of hydrazine groups is 1. The molecule has 11 heteroatoms. The van der Waals surface area contributed by atoms with E-state index in [-0.39, 0.29) is 25.1 Å². The summed E-state index contributed by atoms with van der Waals surface area (Å²) in [4.78, 5) is 4.80. The highest BCUT2D eigenvalue weighted by atomic mass is 32.2. The van der Waals surface area contributed by atoms with Gasteiger partial charge in [0.25, 0.3) is 0 Å². The van der Waals surface area contributed by atoms with Crippen LogP contribution in [-0.2, 0) is 6.42 Å². The van der Waals surface area contributed by atoms with Gasteiger partial charge in [-0.25, -0.2) is 5.43 Å². The van der Waals surface area contributed by atoms with Gasteiger partial charge in [-0.1, -0.05) is 24.8 Å². The Labute approximate surface area is 245 Å². The molecule has 4 N–H and O–H groups in total. The average Bonchev–Trinajstić information content (AvgIpc) is 3.31. The summed E-state index contributed by atoms with van der Waals surface area (Å²) in [5.74, 6) is 7.08. The van der Waals surface area contributed by atoms with E-state index in [9.17, 15) is 18.3 Å². The summed E-state index contributed by atoms with van der Waals surface area (Å²) in [5, 5.41) is 12.5. The smallest absolute Gasteiger partial charge is 0.405 e. The van der Waals surface area contributed by atoms with E-state index in [1.165, 1.54) is 4.90 Å². The lowest BCUT2D eigenvalue weighted by Gasteiger charge is -2.34. The Morgan fingerprint density at radius 1 is 1.17 bits per heavy atom. The molecular formula is C30H40F3N5O2S. The summed E-state index contributed by atoms with van der Waals surface area (Å²) in [6.45, 7) is 4.22. The van der Waals surface area contributed by atoms with Crippen LogP contribution in [0.1, 0.15) is 25.3 Å². The van der Waals surface area contributed by atoms with Gasteiger partial charge in [-0.3, -0.25) is 0 Å². The van der Waals surface area contributed by atoms with E-state index in [1.807, 2.05) is 37.4 Å². The number of nitrogens with one attached hydrogen (secondary N) is 3. The van der Waals surface area contributed by atoms with Crippen LogP contribution in [0.5, 0.6) is 5.75 Å². The van der Waals surface area contributed by atoms with E-state index in [0.29, 0.717) is 17.9 Å². The van der Waals surface area contributed by atoms with Gasteiger partial charge in [-0.05, 0) is 68.4 Å². The molecule has 0 aliphatic carbocycles. The van der Waals surface area contributed by atoms with Crippen molar-refractivity contribution in [3.8, 4) is 17.6 Å². The minimum absolute atomic E-state index is 0.187. The van der Waals surface area contributed by atoms with E-state index in [2.05, 4.69) is 32.9 Å². The van der Waals surface area contributed by atoms with Crippen LogP contribution >= 0.6 is 11.8 Å². The molecule has 0 spiro atoms. The third-order valence-corrected chi connectivity index (χ3v) is 8.23. The number of fused-ring (bicyclic) bond motifs is 1. The van der Waals surface area contributed by atoms with Crippen molar-refractivity contribution in [1.29, 1.82) is 0 Å². The third-order valence-electron chi connectivity index (χ3n) is 7.51. The number of ether oxygens (including phenoxy) is 1. The zero-order valence-electron chi connectivity index (χ0n) is 23.9. The van der Waals surface area contributed by atoms with Crippen molar-refractivity contribution in [3.05, 3.63) is 42.0 Å². The summed E-state index contributed by atoms with van der Waals surface area (Å²) in [6, 6.07) is 10.9. The molecule has 2 aliphatic heterocycles. The maximum absolute atomic E-state index is 13.6. The standard InChI is InChI=1S/C30H40F3N5O2S/c1-21(19-39)18-37-14-11-22(12-15-37)35-36-26-7-4-8-28-25(26)16-23(38(28)20-30(31,32)33)6-5-13-34-27-10-9-24(41-3)17-29(27)40-2/h4,7-10,17,21-23,34-36,39H,11-16,18-20H2,1-3H3. The molecule has 0 bridgehead atoms. The maximum atomic E-state index is 13.6. The van der Waals surface area contributed by atoms with E-state index in [1.54, 1.807) is 31.0 Å². The molecule has 41 heavy (non-hydrogen) atoms. The number of rotatable bonds is 11. The number of anilines is 3. The average molecular weight is 592 g/mol. The summed E-state index contributed by atoms with van der Waals surface area (Å²) < 4.78 is 46.2. The molecule has 2 heterocycles. The lowest BCUT2D eigenvalue weighted by molar-refractivity contribution is -0.120. The van der Waals surface area contributed by atoms with Gasteiger partial charge in [0.1, 0.15) is 12.3 Å². The first-order valence-corrected chi connectivity index (χ1v) is 15.2. The SMILES string of the molecule is COc1cc(SC)ccc1NCC#CC1Cc2c(NNC3CCN(CC(C)CO)CC3)cccc2N1CC(F)(F)F. The molecule has 1 fully saturated rings. The molecule has 4 rings (SSSR count). The summed E-state index contributed by atoms with van der Waals surface area (Å²) >= 11 is 1.61. The fraction of sp³-hybridized carbons (Fsp3) is 0.533. The molecule has 2 unspecified atom stereocenters. The van der Waals surface area contributed by atoms with Gasteiger partial charge < -0.3 is 30.4 Å². The van der Waals surface area contributed by atoms with Crippen LogP contribution in [0.4, 0.5) is 30.2 Å². The van der Waals surface area contributed by atoms with Gasteiger partial charge in [0.2, 0.25) is 0 Å². The number of hydrogen-bond donors (Lipinski definition) is 4. The summed E-state index contributed by atoms with van der Waals surface area (Å²) in [6.07, 6.45) is -0.0672. The number of nitrogens with zero attached hydrogens (tertiary/aromatic N) is 2. The second-order valence-electron chi connectivity index (χ2n) is 10.6. The van der Waals surface area contributed by atoms with Crippen molar-refractivity contribution < 1.29 is 23.0 Å². The Morgan fingerprint density at radius 2 is 1.95 bits per heavy atom. The number of alkyl halides is 3. The quantitative estimate of drug-likeness (QED) is 0.168. The highest BCUT2D eigenvalue weighted by Gasteiger charge is 2.38. The zero-order valence-corrected chi connectivity index (χ0v) is 24.7. The number of aliphatic hydroxyl groups is 1. The van der Waals surface area contributed by atoms with Crippen LogP contribution < -0.4 is 25.8 Å². The second-order valence-corrected chi connectivity index (χ2v) is 11.5. The number of hydrogen-bond acceptors (Lipinski definition) is 8. The van der Waals surface area contributed by atoms with Gasteiger partial charge in [0.15, 0.2) is 0 Å². The van der Waals surface area contributed by atoms with Crippen LogP contribution in [0, 0.1) is 17.8 Å². The maximum Gasteiger partial charge on any atom is 0.405 e. The van der Waals surface area contributed by atoms with Crippen molar-refractivity contribution in [3.63, 3.8) is 0 Å². The second kappa shape index (κ2) is 14.4. The molecule has 224 valence electrons. The van der Waals surface area contributed by atoms with Crippen LogP contribution in [0.25, 0.3) is 0 Å². The lowest BCUT2D eigenvalue weighted by Crippen LogP contribution is -2.45. The first kappa shape index (κ1) is 31.2. The highest BCUT2D eigenvalue weighted by molar-refractivity contribution is 7.98. The van der Waals surface area contributed by atoms with Crippen LogP contribution in [0.15, 0.2) is 41.3 Å². The number of methoxy groups -OCH3 is 1. The summed E-state index contributed by atoms with van der Waals surface area (Å²) in [7, 11) is 1.60. The van der Waals surface area contributed by atoms with Crippen LogP contribution in [-0.4, -0.2) is 81.0 Å². The van der Waals surface area contributed by atoms with Crippen molar-refractivity contribution in [2.45, 2.75) is 49.3 Å². The van der Waals surface area contributed by atoms with Gasteiger partial charge in [-0.2, -0.15) is 13.2 Å². The van der Waals surface area contributed by atoms with Crippen molar-refractivity contribution in [2.75, 3.05) is 68.3 Å². The number of aliphatic hydroxyl groups excluding tert-OH is 1. The molecule has 0 aromatic heterocycles. The molecule has 2 atom stereocenters. The topological polar surface area (TPSA) is 72.0 Å². The first-order valence-electron chi connectivity index (χ1n) is 13.9. The van der Waals surface area contributed by atoms with Crippen LogP contribution in [0.2, 0.25) is 0 Å². The minimum atomic E-state index is -4.35. The number of thioether (sulfide) groups is 1. The number of halogens is 3. The van der Waals surface area contributed by atoms with Crippen molar-refractivity contribution in [2.24, 2.45) is 5.92 Å². The number of piperidine rings is 1. The molecule has 1 saturated heterocycles. The summed E-state index contributed by atoms with van der Waals surface area (Å²) in [5.41, 5.74) is 9.66. The largest absolute Gasteiger partial charge is 0.495 e. The lowest BCUT2D eigenvalue weighted by atomic mass is 10.0. The van der Waals surface area contributed by atoms with Gasteiger partial charge in [-0.15, -0.1) is 11.8 Å². The molecule has 0 saturated carbocycles. The predicted molar refractivity (Wildman–Crippen MR) is 161 cm³/mol. The van der Waals surface area contributed by atoms with Gasteiger partial charge >= 0.3 is 6.18 Å². The van der Waals surface area contributed by atoms with Crippen molar-refractivity contribution in [1.82, 2.24) is 10.3 Å². The molecule has 0 radical (unpaired) electrons. The Kier molecular flexibility index (Phi) is 10.9. The van der Waals surface area contributed by atoms with Gasteiger partial charge in [0.05, 0.1) is 31.1 Å². The van der Waals surface area contributed by atoms with Crippen LogP contribution in [0.3, 0.4) is 0 Å². The third kappa shape index (κ3) is 8.61. The molecule has 2 aliphatic rings. The number of likely N-dealkylation sites (tertiary alicyclic amines) is 1. The van der Waals surface area contributed by atoms with Gasteiger partial charge in [0, 0.05) is 41.8 Å². The zero-order chi connectivity index (χ0) is 29.4. The highest BCUT2D eigenvalue weighted by Crippen LogP contribution is 2.38. The molecular weight excluding hydrogens is 551 g/mol. The monoisotopic (exact) mass is 591 g/mol. The van der Waals surface area contributed by atoms with E-state index < -0.39 is 18.8 Å². The van der Waals surface area contributed by atoms with Crippen molar-refractivity contribution >= 4 is 28.8 Å². The molecule has 7 nitrogen and oxygen atoms in total. The van der Waals surface area contributed by atoms with E-state index in [0.717, 1.165) is 54.3 Å². The Bertz CT molecular complexity index is 1210. The fourth-order valence-electron chi connectivity index (χ4n) is 5.36.